The largest absolute Gasteiger partial charge is 0.459 e. The van der Waals surface area contributed by atoms with Crippen LogP contribution in [0, 0.1) is 0 Å². The van der Waals surface area contributed by atoms with E-state index in [1.54, 1.807) is 0 Å². The summed E-state index contributed by atoms with van der Waals surface area (Å²) in [4.78, 5) is 27.7. The number of hydrogen-bond acceptors (Lipinski definition) is 8. The maximum Gasteiger partial charge on any atom is 0.332 e. The molecule has 61 heavy (non-hydrogen) atoms. The summed E-state index contributed by atoms with van der Waals surface area (Å²) in [6.07, 6.45) is 8.24. The van der Waals surface area contributed by atoms with Gasteiger partial charge in [-0.05, 0) is 115 Å². The third-order valence-corrected chi connectivity index (χ3v) is 11.1. The van der Waals surface area contributed by atoms with Gasteiger partial charge in [0.2, 0.25) is 0 Å². The number of hydrogen-bond donors (Lipinski definition) is 1. The number of aliphatic hydroxyl groups is 1. The molecule has 8 nitrogen and oxygen atoms in total. The third-order valence-electron chi connectivity index (χ3n) is 10.6. The lowest BCUT2D eigenvalue weighted by Crippen LogP contribution is -2.39. The molecular formula is C52H71BrN2O6. The maximum absolute atomic E-state index is 11.9. The van der Waals surface area contributed by atoms with E-state index in [2.05, 4.69) is 147 Å². The van der Waals surface area contributed by atoms with E-state index in [1.165, 1.54) is 22.3 Å². The van der Waals surface area contributed by atoms with Crippen LogP contribution in [0.1, 0.15) is 115 Å². The second-order valence-electron chi connectivity index (χ2n) is 18.3. The molecule has 4 aromatic rings. The van der Waals surface area contributed by atoms with Gasteiger partial charge in [-0.25, -0.2) is 4.79 Å². The number of aliphatic hydroxyl groups excluding tert-OH is 1. The van der Waals surface area contributed by atoms with Gasteiger partial charge >= 0.3 is 11.9 Å². The van der Waals surface area contributed by atoms with Gasteiger partial charge in [0.25, 0.3) is 0 Å². The van der Waals surface area contributed by atoms with E-state index in [9.17, 15) is 14.7 Å². The predicted molar refractivity (Wildman–Crippen MR) is 250 cm³/mol. The van der Waals surface area contributed by atoms with Crippen LogP contribution in [0.5, 0.6) is 0 Å². The fourth-order valence-corrected chi connectivity index (χ4v) is 7.94. The van der Waals surface area contributed by atoms with Crippen LogP contribution >= 0.6 is 15.9 Å². The molecule has 0 spiro atoms. The Hall–Kier alpha value is -3.86. The SMILES string of the molecule is CC(C)(C)OC(=O)CBr.CC(C)(C)OC(=O)COC1CCC(N(Cc2ccccc2)Cc2ccccc2)CC1.OC1CCC(N(Cc2ccccc2)Cc2ccccc2)CC1. The van der Waals surface area contributed by atoms with Gasteiger partial charge in [-0.1, -0.05) is 137 Å². The quantitative estimate of drug-likeness (QED) is 0.0989. The molecule has 2 fully saturated rings. The Labute approximate surface area is 375 Å². The Morgan fingerprint density at radius 2 is 0.836 bits per heavy atom. The Kier molecular flexibility index (Phi) is 21.2. The summed E-state index contributed by atoms with van der Waals surface area (Å²) in [5, 5.41) is 10.0. The maximum atomic E-state index is 11.9. The summed E-state index contributed by atoms with van der Waals surface area (Å²) >= 11 is 2.99. The van der Waals surface area contributed by atoms with E-state index in [1.807, 2.05) is 41.5 Å². The Bertz CT molecular complexity index is 1700. The zero-order valence-electron chi connectivity index (χ0n) is 37.5. The van der Waals surface area contributed by atoms with Crippen molar-refractivity contribution in [2.24, 2.45) is 0 Å². The van der Waals surface area contributed by atoms with E-state index >= 15 is 0 Å². The van der Waals surface area contributed by atoms with Crippen molar-refractivity contribution in [3.8, 4) is 0 Å². The number of carbonyl (C=O) groups excluding carboxylic acids is 2. The molecular weight excluding hydrogens is 828 g/mol. The summed E-state index contributed by atoms with van der Waals surface area (Å²) in [5.74, 6) is -0.498. The second kappa shape index (κ2) is 25.9. The number of esters is 2. The van der Waals surface area contributed by atoms with Crippen LogP contribution in [0.4, 0.5) is 0 Å². The van der Waals surface area contributed by atoms with Crippen LogP contribution in [0.2, 0.25) is 0 Å². The molecule has 1 N–H and O–H groups in total. The number of alkyl halides is 1. The number of benzene rings is 4. The van der Waals surface area contributed by atoms with Crippen molar-refractivity contribution in [1.82, 2.24) is 9.80 Å². The second-order valence-corrected chi connectivity index (χ2v) is 18.8. The lowest BCUT2D eigenvalue weighted by Gasteiger charge is -2.37. The first-order valence-electron chi connectivity index (χ1n) is 22.1. The zero-order valence-corrected chi connectivity index (χ0v) is 39.1. The van der Waals surface area contributed by atoms with E-state index in [4.69, 9.17) is 14.2 Å². The topological polar surface area (TPSA) is 88.5 Å². The normalized spacial score (nSPS) is 19.2. The molecule has 0 saturated heterocycles. The van der Waals surface area contributed by atoms with Gasteiger partial charge in [-0.2, -0.15) is 0 Å². The molecule has 4 aromatic carbocycles. The first kappa shape index (κ1) is 49.8. The van der Waals surface area contributed by atoms with Gasteiger partial charge < -0.3 is 19.3 Å². The van der Waals surface area contributed by atoms with Crippen LogP contribution in [-0.2, 0) is 50.0 Å². The van der Waals surface area contributed by atoms with E-state index < -0.39 is 5.60 Å². The average Bonchev–Trinajstić information content (AvgIpc) is 3.24. The molecule has 9 heteroatoms. The van der Waals surface area contributed by atoms with Crippen LogP contribution in [0.25, 0.3) is 0 Å². The summed E-state index contributed by atoms with van der Waals surface area (Å²) in [6.45, 7) is 15.1. The number of halogens is 1. The van der Waals surface area contributed by atoms with Crippen molar-refractivity contribution in [2.75, 3.05) is 11.9 Å². The van der Waals surface area contributed by atoms with Gasteiger partial charge in [0.1, 0.15) is 23.1 Å². The highest BCUT2D eigenvalue weighted by molar-refractivity contribution is 9.09. The molecule has 6 rings (SSSR count). The molecule has 2 aliphatic rings. The minimum atomic E-state index is -0.465. The summed E-state index contributed by atoms with van der Waals surface area (Å²) in [6, 6.07) is 43.9. The van der Waals surface area contributed by atoms with Crippen LogP contribution < -0.4 is 0 Å². The molecule has 332 valence electrons. The zero-order chi connectivity index (χ0) is 44.1. The molecule has 0 aliphatic heterocycles. The number of carbonyl (C=O) groups is 2. The highest BCUT2D eigenvalue weighted by Crippen LogP contribution is 2.29. The monoisotopic (exact) mass is 898 g/mol. The standard InChI is InChI=1S/C26H35NO3.C20H25NO.C6H11BrO2/c1-26(2,3)30-25(28)20-29-24-16-14-23(15-17-24)27(18-21-10-6-4-7-11-21)19-22-12-8-5-9-13-22;22-20-13-11-19(12-14-20)21(15-17-7-3-1-4-8-17)16-18-9-5-2-6-10-18;1-6(2,3)9-5(8)4-7/h4-13,23-24H,14-20H2,1-3H3;1-10,19-20,22H,11-16H2;4H2,1-3H3. The number of rotatable bonds is 14. The van der Waals surface area contributed by atoms with E-state index in [0.29, 0.717) is 12.1 Å². The molecule has 0 amide bonds. The first-order chi connectivity index (χ1) is 29.2. The Morgan fingerprint density at radius 1 is 0.525 bits per heavy atom. The van der Waals surface area contributed by atoms with Crippen molar-refractivity contribution in [3.05, 3.63) is 144 Å². The van der Waals surface area contributed by atoms with Crippen molar-refractivity contribution in [1.29, 1.82) is 0 Å². The van der Waals surface area contributed by atoms with Gasteiger partial charge in [0.05, 0.1) is 12.2 Å². The van der Waals surface area contributed by atoms with Crippen molar-refractivity contribution in [3.63, 3.8) is 0 Å². The van der Waals surface area contributed by atoms with Gasteiger partial charge in [0.15, 0.2) is 0 Å². The van der Waals surface area contributed by atoms with Gasteiger partial charge in [-0.15, -0.1) is 0 Å². The lowest BCUT2D eigenvalue weighted by molar-refractivity contribution is -0.163. The van der Waals surface area contributed by atoms with E-state index in [0.717, 1.165) is 77.5 Å². The third kappa shape index (κ3) is 20.7. The molecule has 2 saturated carbocycles. The van der Waals surface area contributed by atoms with Crippen molar-refractivity contribution < 1.29 is 28.9 Å². The molecule has 0 unspecified atom stereocenters. The number of ether oxygens (including phenoxy) is 3. The van der Waals surface area contributed by atoms with Crippen molar-refractivity contribution in [2.45, 2.75) is 155 Å². The molecule has 0 aromatic heterocycles. The first-order valence-corrected chi connectivity index (χ1v) is 23.2. The fraction of sp³-hybridized carbons (Fsp3) is 0.500. The highest BCUT2D eigenvalue weighted by Gasteiger charge is 2.28. The molecule has 0 radical (unpaired) electrons. The highest BCUT2D eigenvalue weighted by atomic mass is 79.9. The number of nitrogens with zero attached hydrogens (tertiary/aromatic N) is 2. The van der Waals surface area contributed by atoms with Crippen LogP contribution in [0.3, 0.4) is 0 Å². The average molecular weight is 900 g/mol. The summed E-state index contributed by atoms with van der Waals surface area (Å²) in [5.41, 5.74) is 4.60. The molecule has 2 aliphatic carbocycles. The van der Waals surface area contributed by atoms with Crippen LogP contribution in [-0.4, -0.2) is 74.3 Å². The minimum absolute atomic E-state index is 0.0460. The van der Waals surface area contributed by atoms with Crippen molar-refractivity contribution >= 4 is 27.9 Å². The van der Waals surface area contributed by atoms with Crippen LogP contribution in [0.15, 0.2) is 121 Å². The van der Waals surface area contributed by atoms with Gasteiger partial charge in [-0.3, -0.25) is 14.6 Å². The van der Waals surface area contributed by atoms with E-state index in [-0.39, 0.29) is 41.7 Å². The summed E-state index contributed by atoms with van der Waals surface area (Å²) < 4.78 is 16.1. The fourth-order valence-electron chi connectivity index (χ4n) is 7.83. The lowest BCUT2D eigenvalue weighted by atomic mass is 9.91. The minimum Gasteiger partial charge on any atom is -0.459 e. The Morgan fingerprint density at radius 3 is 1.13 bits per heavy atom. The predicted octanol–water partition coefficient (Wildman–Crippen LogP) is 11.1. The molecule has 0 heterocycles. The molecule has 0 bridgehead atoms. The molecule has 0 atom stereocenters. The van der Waals surface area contributed by atoms with Gasteiger partial charge in [0, 0.05) is 38.3 Å². The Balaban J connectivity index is 0.000000231. The summed E-state index contributed by atoms with van der Waals surface area (Å²) in [7, 11) is 0. The smallest absolute Gasteiger partial charge is 0.332 e.